The summed E-state index contributed by atoms with van der Waals surface area (Å²) in [5.41, 5.74) is -3.02. The largest absolute Gasteiger partial charge is 0.472 e. The van der Waals surface area contributed by atoms with E-state index in [-0.39, 0.29) is 12.3 Å². The molecule has 2 aliphatic heterocycles. The summed E-state index contributed by atoms with van der Waals surface area (Å²) >= 11 is 0. The molecule has 2 saturated heterocycles. The second kappa shape index (κ2) is 10.1. The van der Waals surface area contributed by atoms with Crippen LogP contribution in [0.15, 0.2) is 46.8 Å². The summed E-state index contributed by atoms with van der Waals surface area (Å²) in [5, 5.41) is 23.6. The number of esters is 3. The van der Waals surface area contributed by atoms with E-state index in [2.05, 4.69) is 6.58 Å². The number of methoxy groups -OCH3 is 1. The van der Waals surface area contributed by atoms with Gasteiger partial charge in [-0.05, 0) is 55.6 Å². The lowest BCUT2D eigenvalue weighted by molar-refractivity contribution is -0.354. The number of allylic oxidation sites excluding steroid dienone is 1. The molecule has 0 radical (unpaired) electrons. The zero-order valence-electron chi connectivity index (χ0n) is 25.3. The summed E-state index contributed by atoms with van der Waals surface area (Å²) in [6, 6.07) is 1.71. The van der Waals surface area contributed by atoms with Crippen molar-refractivity contribution < 1.29 is 48.0 Å². The monoisotopic (exact) mass is 586 g/mol. The molecule has 10 heteroatoms. The second-order valence-electron chi connectivity index (χ2n) is 13.4. The maximum Gasteiger partial charge on any atom is 0.339 e. The minimum atomic E-state index is -1.73. The maximum absolute atomic E-state index is 13.4. The van der Waals surface area contributed by atoms with E-state index in [1.165, 1.54) is 19.6 Å². The Morgan fingerprint density at radius 1 is 1.21 bits per heavy atom. The Morgan fingerprint density at radius 2 is 1.90 bits per heavy atom. The average molecular weight is 587 g/mol. The lowest BCUT2D eigenvalue weighted by atomic mass is 9.40. The quantitative estimate of drug-likeness (QED) is 0.226. The van der Waals surface area contributed by atoms with Gasteiger partial charge in [0.15, 0.2) is 12.2 Å². The summed E-state index contributed by atoms with van der Waals surface area (Å²) in [4.78, 5) is 39.3. The highest BCUT2D eigenvalue weighted by molar-refractivity contribution is 5.87. The first-order chi connectivity index (χ1) is 19.6. The SMILES string of the molecule is C=C1[C@@H]2CC[C@@]3(C)[C@H](c4ccoc4)OC(=O)[C@@H](O)[C@]13O[C@H]1[C@@H](OC(=O)/C(C)=C/C)[C@@H](O)C(C)(C)[C@H](CC(=O)OC)[C@@]21C. The third-order valence-corrected chi connectivity index (χ3v) is 11.3. The number of hydrogen-bond acceptors (Lipinski definition) is 10. The van der Waals surface area contributed by atoms with Gasteiger partial charge >= 0.3 is 17.9 Å². The van der Waals surface area contributed by atoms with Gasteiger partial charge in [-0.1, -0.05) is 40.3 Å². The molecule has 5 rings (SSSR count). The summed E-state index contributed by atoms with van der Waals surface area (Å²) in [6.07, 6.45) is -0.404. The van der Waals surface area contributed by atoms with Crippen LogP contribution in [0.3, 0.4) is 0 Å². The lowest BCUT2D eigenvalue weighted by Crippen LogP contribution is -2.79. The fraction of sp³-hybridized carbons (Fsp3) is 0.656. The third kappa shape index (κ3) is 3.84. The molecule has 10 atom stereocenters. The number of cyclic esters (lactones) is 1. The van der Waals surface area contributed by atoms with E-state index in [4.69, 9.17) is 23.4 Å². The van der Waals surface area contributed by atoms with Crippen molar-refractivity contribution in [1.29, 1.82) is 0 Å². The number of carbonyl (C=O) groups is 3. The molecule has 230 valence electrons. The molecule has 1 aromatic heterocycles. The molecule has 1 aromatic rings. The van der Waals surface area contributed by atoms with Gasteiger partial charge in [-0.25, -0.2) is 9.59 Å². The number of fused-ring (bicyclic) bond motifs is 3. The topological polar surface area (TPSA) is 142 Å². The Balaban J connectivity index is 1.72. The number of carbonyl (C=O) groups excluding carboxylic acids is 3. The molecule has 2 bridgehead atoms. The summed E-state index contributed by atoms with van der Waals surface area (Å²) < 4.78 is 29.3. The predicted octanol–water partition coefficient (Wildman–Crippen LogP) is 3.81. The van der Waals surface area contributed by atoms with Crippen LogP contribution in [0.25, 0.3) is 0 Å². The number of hydrogen-bond donors (Lipinski definition) is 2. The van der Waals surface area contributed by atoms with Gasteiger partial charge in [-0.2, -0.15) is 0 Å². The molecule has 42 heavy (non-hydrogen) atoms. The van der Waals surface area contributed by atoms with Crippen molar-refractivity contribution >= 4 is 17.9 Å². The molecule has 0 aromatic carbocycles. The molecular formula is C32H42O10. The van der Waals surface area contributed by atoms with Gasteiger partial charge in [-0.3, -0.25) is 4.79 Å². The first-order valence-corrected chi connectivity index (χ1v) is 14.5. The van der Waals surface area contributed by atoms with Crippen molar-refractivity contribution in [2.24, 2.45) is 28.1 Å². The third-order valence-electron chi connectivity index (χ3n) is 11.3. The van der Waals surface area contributed by atoms with Gasteiger partial charge in [-0.15, -0.1) is 0 Å². The Kier molecular flexibility index (Phi) is 7.31. The van der Waals surface area contributed by atoms with E-state index in [0.29, 0.717) is 29.6 Å². The molecular weight excluding hydrogens is 544 g/mol. The lowest BCUT2D eigenvalue weighted by Gasteiger charge is -2.72. The normalized spacial score (nSPS) is 42.6. The van der Waals surface area contributed by atoms with E-state index < -0.39 is 76.2 Å². The van der Waals surface area contributed by atoms with Crippen molar-refractivity contribution in [2.45, 2.75) is 96.9 Å². The summed E-state index contributed by atoms with van der Waals surface area (Å²) in [5.74, 6) is -2.82. The Bertz CT molecular complexity index is 1310. The van der Waals surface area contributed by atoms with Gasteiger partial charge in [0.25, 0.3) is 0 Å². The molecule has 3 heterocycles. The van der Waals surface area contributed by atoms with Crippen LogP contribution in [0.1, 0.15) is 72.5 Å². The minimum Gasteiger partial charge on any atom is -0.472 e. The number of furan rings is 1. The fourth-order valence-electron chi connectivity index (χ4n) is 8.72. The van der Waals surface area contributed by atoms with Crippen molar-refractivity contribution in [3.05, 3.63) is 48.0 Å². The van der Waals surface area contributed by atoms with Crippen LogP contribution in [0.5, 0.6) is 0 Å². The maximum atomic E-state index is 13.4. The standard InChI is InChI=1S/C32H42O10/c1-9-16(2)27(36)40-22-23(34)29(4,5)20(14-21(33)38-8)31(7)19-10-12-30(6)25(18-11-13-39-15-18)41-28(37)24(35)32(30,17(19)3)42-26(22)31/h9,11,13,15,19-20,22-26,34-35H,3,10,12,14H2,1-2,4-8H3/b16-9+/t19-,20-,22-,23+,24+,25-,26-,30-,31+,32+/m0/s1. The number of aliphatic hydroxyl groups excluding tert-OH is 2. The molecule has 10 nitrogen and oxygen atoms in total. The average Bonchev–Trinajstić information content (AvgIpc) is 3.48. The Morgan fingerprint density at radius 3 is 2.50 bits per heavy atom. The van der Waals surface area contributed by atoms with E-state index in [1.807, 2.05) is 27.7 Å². The van der Waals surface area contributed by atoms with Crippen LogP contribution in [0, 0.1) is 28.1 Å². The highest BCUT2D eigenvalue weighted by Crippen LogP contribution is 2.72. The molecule has 4 aliphatic rings. The van der Waals surface area contributed by atoms with Crippen LogP contribution in [0.4, 0.5) is 0 Å². The van der Waals surface area contributed by atoms with Gasteiger partial charge in [0.05, 0.1) is 25.7 Å². The van der Waals surface area contributed by atoms with Crippen LogP contribution >= 0.6 is 0 Å². The highest BCUT2D eigenvalue weighted by Gasteiger charge is 2.78. The molecule has 0 unspecified atom stereocenters. The van der Waals surface area contributed by atoms with Gasteiger partial charge < -0.3 is 33.6 Å². The second-order valence-corrected chi connectivity index (χ2v) is 13.4. The summed E-state index contributed by atoms with van der Waals surface area (Å²) in [7, 11) is 1.32. The van der Waals surface area contributed by atoms with Crippen LogP contribution in [0.2, 0.25) is 0 Å². The van der Waals surface area contributed by atoms with Crippen LogP contribution in [-0.4, -0.2) is 65.2 Å². The van der Waals surface area contributed by atoms with Gasteiger partial charge in [0.2, 0.25) is 0 Å². The number of aliphatic hydroxyl groups is 2. The van der Waals surface area contributed by atoms with Crippen LogP contribution in [-0.2, 0) is 33.3 Å². The van der Waals surface area contributed by atoms with Crippen LogP contribution < -0.4 is 0 Å². The Labute approximate surface area is 246 Å². The van der Waals surface area contributed by atoms with Crippen molar-refractivity contribution in [3.63, 3.8) is 0 Å². The fourth-order valence-corrected chi connectivity index (χ4v) is 8.72. The van der Waals surface area contributed by atoms with E-state index in [9.17, 15) is 24.6 Å². The molecule has 2 saturated carbocycles. The van der Waals surface area contributed by atoms with E-state index in [0.717, 1.165) is 0 Å². The summed E-state index contributed by atoms with van der Waals surface area (Å²) in [6.45, 7) is 15.4. The zero-order chi connectivity index (χ0) is 31.0. The van der Waals surface area contributed by atoms with Crippen molar-refractivity contribution in [2.75, 3.05) is 7.11 Å². The van der Waals surface area contributed by atoms with Gasteiger partial charge in [0.1, 0.15) is 17.8 Å². The van der Waals surface area contributed by atoms with Crippen molar-refractivity contribution in [1.82, 2.24) is 0 Å². The minimum absolute atomic E-state index is 0.0260. The van der Waals surface area contributed by atoms with Crippen molar-refractivity contribution in [3.8, 4) is 0 Å². The molecule has 4 fully saturated rings. The smallest absolute Gasteiger partial charge is 0.339 e. The van der Waals surface area contributed by atoms with Gasteiger partial charge in [0, 0.05) is 28.4 Å². The molecule has 2 aliphatic carbocycles. The highest BCUT2D eigenvalue weighted by atomic mass is 16.6. The first kappa shape index (κ1) is 30.5. The van der Waals surface area contributed by atoms with E-state index in [1.54, 1.807) is 26.0 Å². The molecule has 2 N–H and O–H groups in total. The molecule has 1 spiro atoms. The zero-order valence-corrected chi connectivity index (χ0v) is 25.3. The first-order valence-electron chi connectivity index (χ1n) is 14.5. The molecule has 0 amide bonds. The number of rotatable bonds is 5. The Hall–Kier alpha value is -2.95. The predicted molar refractivity (Wildman–Crippen MR) is 148 cm³/mol. The van der Waals surface area contributed by atoms with E-state index >= 15 is 0 Å². The number of ether oxygens (including phenoxy) is 4.